The number of carboxylic acids is 1. The number of hydrogen-bond donors (Lipinski definition) is 2. The van der Waals surface area contributed by atoms with Gasteiger partial charge in [-0.05, 0) is 30.3 Å². The van der Waals surface area contributed by atoms with Gasteiger partial charge in [-0.3, -0.25) is 4.79 Å². The third-order valence-corrected chi connectivity index (χ3v) is 2.77. The number of carbonyl (C=O) groups excluding carboxylic acids is 1. The SMILES string of the molecule is O=C(O)c1ccc(F)c(NC(=O)c2cccnc2Cl)c1. The summed E-state index contributed by atoms with van der Waals surface area (Å²) in [6.45, 7) is 0. The van der Waals surface area contributed by atoms with E-state index < -0.39 is 17.7 Å². The minimum atomic E-state index is -1.22. The highest BCUT2D eigenvalue weighted by atomic mass is 35.5. The summed E-state index contributed by atoms with van der Waals surface area (Å²) in [5.41, 5.74) is -0.317. The predicted octanol–water partition coefficient (Wildman–Crippen LogP) is 2.82. The zero-order valence-corrected chi connectivity index (χ0v) is 10.7. The van der Waals surface area contributed by atoms with Crippen LogP contribution in [0, 0.1) is 5.82 Å². The molecule has 0 bridgehead atoms. The first-order valence-corrected chi connectivity index (χ1v) is 5.81. The summed E-state index contributed by atoms with van der Waals surface area (Å²) < 4.78 is 13.6. The van der Waals surface area contributed by atoms with Crippen molar-refractivity contribution in [2.75, 3.05) is 5.32 Å². The summed E-state index contributed by atoms with van der Waals surface area (Å²) in [7, 11) is 0. The molecule has 0 aliphatic heterocycles. The normalized spacial score (nSPS) is 10.1. The molecule has 0 spiro atoms. The smallest absolute Gasteiger partial charge is 0.335 e. The van der Waals surface area contributed by atoms with Crippen molar-refractivity contribution in [2.45, 2.75) is 0 Å². The Bertz CT molecular complexity index is 691. The van der Waals surface area contributed by atoms with Gasteiger partial charge in [-0.2, -0.15) is 0 Å². The van der Waals surface area contributed by atoms with E-state index in [0.29, 0.717) is 0 Å². The number of amides is 1. The van der Waals surface area contributed by atoms with Crippen molar-refractivity contribution in [3.05, 3.63) is 58.6 Å². The molecule has 5 nitrogen and oxygen atoms in total. The lowest BCUT2D eigenvalue weighted by Gasteiger charge is -2.08. The van der Waals surface area contributed by atoms with Crippen LogP contribution in [0.1, 0.15) is 20.7 Å². The first-order valence-electron chi connectivity index (χ1n) is 5.44. The predicted molar refractivity (Wildman–Crippen MR) is 70.6 cm³/mol. The fraction of sp³-hybridized carbons (Fsp3) is 0. The fourth-order valence-electron chi connectivity index (χ4n) is 1.50. The lowest BCUT2D eigenvalue weighted by Crippen LogP contribution is -2.14. The molecule has 7 heteroatoms. The van der Waals surface area contributed by atoms with E-state index in [1.54, 1.807) is 0 Å². The average Bonchev–Trinajstić information content (AvgIpc) is 2.41. The molecule has 0 aliphatic carbocycles. The lowest BCUT2D eigenvalue weighted by molar-refractivity contribution is 0.0696. The molecule has 0 unspecified atom stereocenters. The van der Waals surface area contributed by atoms with E-state index in [0.717, 1.165) is 18.2 Å². The van der Waals surface area contributed by atoms with Crippen molar-refractivity contribution in [1.29, 1.82) is 0 Å². The summed E-state index contributed by atoms with van der Waals surface area (Å²) in [6.07, 6.45) is 1.41. The number of carbonyl (C=O) groups is 2. The van der Waals surface area contributed by atoms with Crippen molar-refractivity contribution in [1.82, 2.24) is 4.98 Å². The van der Waals surface area contributed by atoms with Crippen molar-refractivity contribution in [2.24, 2.45) is 0 Å². The summed E-state index contributed by atoms with van der Waals surface area (Å²) >= 11 is 5.75. The minimum Gasteiger partial charge on any atom is -0.478 e. The maximum atomic E-state index is 13.6. The van der Waals surface area contributed by atoms with Gasteiger partial charge in [-0.25, -0.2) is 14.2 Å². The van der Waals surface area contributed by atoms with Gasteiger partial charge in [0, 0.05) is 6.20 Å². The van der Waals surface area contributed by atoms with Crippen LogP contribution >= 0.6 is 11.6 Å². The monoisotopic (exact) mass is 294 g/mol. The van der Waals surface area contributed by atoms with Crippen molar-refractivity contribution in [3.63, 3.8) is 0 Å². The van der Waals surface area contributed by atoms with Crippen LogP contribution in [0.3, 0.4) is 0 Å². The summed E-state index contributed by atoms with van der Waals surface area (Å²) in [5, 5.41) is 11.1. The van der Waals surface area contributed by atoms with Crippen LogP contribution in [-0.2, 0) is 0 Å². The fourth-order valence-corrected chi connectivity index (χ4v) is 1.70. The summed E-state index contributed by atoms with van der Waals surface area (Å²) in [5.74, 6) is -2.65. The average molecular weight is 295 g/mol. The molecule has 0 atom stereocenters. The number of pyridine rings is 1. The molecule has 2 aromatic rings. The van der Waals surface area contributed by atoms with E-state index >= 15 is 0 Å². The van der Waals surface area contributed by atoms with Gasteiger partial charge in [0.05, 0.1) is 16.8 Å². The second-order valence-corrected chi connectivity index (χ2v) is 4.15. The Balaban J connectivity index is 2.30. The van der Waals surface area contributed by atoms with Crippen LogP contribution in [0.2, 0.25) is 5.15 Å². The molecule has 0 saturated carbocycles. The Kier molecular flexibility index (Phi) is 3.95. The number of carboxylic acid groups (broad SMARTS) is 1. The van der Waals surface area contributed by atoms with Gasteiger partial charge in [0.15, 0.2) is 0 Å². The second-order valence-electron chi connectivity index (χ2n) is 3.80. The molecule has 2 N–H and O–H groups in total. The van der Waals surface area contributed by atoms with Crippen LogP contribution in [0.5, 0.6) is 0 Å². The van der Waals surface area contributed by atoms with Gasteiger partial charge in [-0.1, -0.05) is 11.6 Å². The number of aromatic nitrogens is 1. The number of nitrogens with zero attached hydrogens (tertiary/aromatic N) is 1. The quantitative estimate of drug-likeness (QED) is 0.853. The molecular weight excluding hydrogens is 287 g/mol. The summed E-state index contributed by atoms with van der Waals surface area (Å²) in [4.78, 5) is 26.5. The Morgan fingerprint density at radius 3 is 2.70 bits per heavy atom. The van der Waals surface area contributed by atoms with Crippen LogP contribution in [-0.4, -0.2) is 22.0 Å². The number of nitrogens with one attached hydrogen (secondary N) is 1. The maximum Gasteiger partial charge on any atom is 0.335 e. The Morgan fingerprint density at radius 1 is 1.30 bits per heavy atom. The zero-order valence-electron chi connectivity index (χ0n) is 9.93. The number of hydrogen-bond acceptors (Lipinski definition) is 3. The van der Waals surface area contributed by atoms with Crippen LogP contribution in [0.15, 0.2) is 36.5 Å². The number of aromatic carboxylic acids is 1. The van der Waals surface area contributed by atoms with Gasteiger partial charge in [0.25, 0.3) is 5.91 Å². The number of halogens is 2. The van der Waals surface area contributed by atoms with Gasteiger partial charge >= 0.3 is 5.97 Å². The van der Waals surface area contributed by atoms with Crippen molar-refractivity contribution in [3.8, 4) is 0 Å². The van der Waals surface area contributed by atoms with E-state index in [1.807, 2.05) is 0 Å². The second kappa shape index (κ2) is 5.66. The molecule has 0 saturated heterocycles. The van der Waals surface area contributed by atoms with Gasteiger partial charge < -0.3 is 10.4 Å². The standard InChI is InChI=1S/C13H8ClFN2O3/c14-11-8(2-1-5-16-11)12(18)17-10-6-7(13(19)20)3-4-9(10)15/h1-6H,(H,17,18)(H,19,20). The van der Waals surface area contributed by atoms with E-state index in [2.05, 4.69) is 10.3 Å². The zero-order chi connectivity index (χ0) is 14.7. The Labute approximate surface area is 118 Å². The Morgan fingerprint density at radius 2 is 2.05 bits per heavy atom. The molecule has 102 valence electrons. The first kappa shape index (κ1) is 14.0. The van der Waals surface area contributed by atoms with Crippen LogP contribution in [0.4, 0.5) is 10.1 Å². The minimum absolute atomic E-state index is 0.0280. The molecule has 1 aromatic carbocycles. The largest absolute Gasteiger partial charge is 0.478 e. The first-order chi connectivity index (χ1) is 9.49. The molecule has 2 rings (SSSR count). The van der Waals surface area contributed by atoms with E-state index in [-0.39, 0.29) is 22.0 Å². The molecule has 1 aromatic heterocycles. The van der Waals surface area contributed by atoms with Gasteiger partial charge in [0.2, 0.25) is 0 Å². The lowest BCUT2D eigenvalue weighted by atomic mass is 10.2. The number of benzene rings is 1. The topological polar surface area (TPSA) is 79.3 Å². The highest BCUT2D eigenvalue weighted by Crippen LogP contribution is 2.19. The molecule has 20 heavy (non-hydrogen) atoms. The van der Waals surface area contributed by atoms with Crippen molar-refractivity contribution >= 4 is 29.2 Å². The summed E-state index contributed by atoms with van der Waals surface area (Å²) in [6, 6.07) is 6.02. The van der Waals surface area contributed by atoms with Crippen molar-refractivity contribution < 1.29 is 19.1 Å². The van der Waals surface area contributed by atoms with Gasteiger partial charge in [0.1, 0.15) is 11.0 Å². The third kappa shape index (κ3) is 2.92. The van der Waals surface area contributed by atoms with E-state index in [9.17, 15) is 14.0 Å². The molecular formula is C13H8ClFN2O3. The molecule has 0 aliphatic rings. The molecule has 1 heterocycles. The Hall–Kier alpha value is -2.47. The molecule has 0 radical (unpaired) electrons. The third-order valence-electron chi connectivity index (χ3n) is 2.47. The van der Waals surface area contributed by atoms with Gasteiger partial charge in [-0.15, -0.1) is 0 Å². The van der Waals surface area contributed by atoms with E-state index in [1.165, 1.54) is 18.3 Å². The van der Waals surface area contributed by atoms with Crippen LogP contribution in [0.25, 0.3) is 0 Å². The molecule has 1 amide bonds. The van der Waals surface area contributed by atoms with Crippen LogP contribution < -0.4 is 5.32 Å². The molecule has 0 fully saturated rings. The maximum absolute atomic E-state index is 13.6. The number of rotatable bonds is 3. The highest BCUT2D eigenvalue weighted by Gasteiger charge is 2.14. The van der Waals surface area contributed by atoms with E-state index in [4.69, 9.17) is 16.7 Å². The number of anilines is 1. The highest BCUT2D eigenvalue weighted by molar-refractivity contribution is 6.33.